The molecule has 1 rings (SSSR count). The van der Waals surface area contributed by atoms with Crippen molar-refractivity contribution in [2.24, 2.45) is 7.05 Å². The molecule has 64 valence electrons. The minimum atomic E-state index is 0.915. The summed E-state index contributed by atoms with van der Waals surface area (Å²) >= 11 is 0. The van der Waals surface area contributed by atoms with Gasteiger partial charge in [-0.1, -0.05) is 12.2 Å². The molecule has 0 atom stereocenters. The number of hydrogen-bond acceptors (Lipinski definition) is 2. The van der Waals surface area contributed by atoms with Crippen LogP contribution in [0.5, 0.6) is 0 Å². The molecule has 0 aliphatic heterocycles. The summed E-state index contributed by atoms with van der Waals surface area (Å²) in [4.78, 5) is 1.57. The molecule has 1 heterocycles. The van der Waals surface area contributed by atoms with Crippen molar-refractivity contribution >= 4 is 12.2 Å². The molecule has 0 unspecified atom stereocenters. The Bertz CT molecular complexity index is 278. The van der Waals surface area contributed by atoms with Gasteiger partial charge in [-0.15, -0.1) is 0 Å². The highest BCUT2D eigenvalue weighted by Crippen LogP contribution is 2.06. The summed E-state index contributed by atoms with van der Waals surface area (Å²) in [5, 5.41) is 8.37. The molecule has 1 aromatic heterocycles. The molecule has 0 aromatic carbocycles. The SMILES string of the molecule is C/C=C\c1nn(C)nc1/C=C\C. The summed E-state index contributed by atoms with van der Waals surface area (Å²) in [6.45, 7) is 3.93. The third kappa shape index (κ3) is 1.81. The lowest BCUT2D eigenvalue weighted by Gasteiger charge is -1.83. The molecule has 0 amide bonds. The Balaban J connectivity index is 3.07. The predicted octanol–water partition coefficient (Wildman–Crippen LogP) is 1.88. The summed E-state index contributed by atoms with van der Waals surface area (Å²) in [7, 11) is 1.82. The fraction of sp³-hybridized carbons (Fsp3) is 0.333. The van der Waals surface area contributed by atoms with Gasteiger partial charge in [0.2, 0.25) is 0 Å². The van der Waals surface area contributed by atoms with Crippen molar-refractivity contribution in [3.05, 3.63) is 23.5 Å². The summed E-state index contributed by atoms with van der Waals surface area (Å²) in [5.41, 5.74) is 1.83. The Morgan fingerprint density at radius 2 is 1.42 bits per heavy atom. The van der Waals surface area contributed by atoms with Gasteiger partial charge in [-0.05, 0) is 26.0 Å². The third-order valence-electron chi connectivity index (χ3n) is 1.42. The Kier molecular flexibility index (Phi) is 2.80. The van der Waals surface area contributed by atoms with Crippen molar-refractivity contribution in [1.29, 1.82) is 0 Å². The van der Waals surface area contributed by atoms with E-state index < -0.39 is 0 Å². The van der Waals surface area contributed by atoms with Gasteiger partial charge in [-0.25, -0.2) is 0 Å². The van der Waals surface area contributed by atoms with Gasteiger partial charge in [-0.2, -0.15) is 15.0 Å². The van der Waals surface area contributed by atoms with Gasteiger partial charge in [0.15, 0.2) is 0 Å². The third-order valence-corrected chi connectivity index (χ3v) is 1.42. The highest BCUT2D eigenvalue weighted by Gasteiger charge is 2.01. The lowest BCUT2D eigenvalue weighted by atomic mass is 10.3. The van der Waals surface area contributed by atoms with Crippen LogP contribution in [0.4, 0.5) is 0 Å². The topological polar surface area (TPSA) is 30.7 Å². The van der Waals surface area contributed by atoms with Crippen molar-refractivity contribution in [1.82, 2.24) is 15.0 Å². The van der Waals surface area contributed by atoms with E-state index in [1.807, 2.05) is 45.2 Å². The van der Waals surface area contributed by atoms with E-state index in [4.69, 9.17) is 0 Å². The first-order valence-corrected chi connectivity index (χ1v) is 3.94. The Morgan fingerprint density at radius 1 is 1.00 bits per heavy atom. The van der Waals surface area contributed by atoms with E-state index in [2.05, 4.69) is 10.2 Å². The summed E-state index contributed by atoms with van der Waals surface area (Å²) < 4.78 is 0. The minimum Gasteiger partial charge on any atom is -0.187 e. The fourth-order valence-corrected chi connectivity index (χ4v) is 0.990. The van der Waals surface area contributed by atoms with Crippen LogP contribution in [0.3, 0.4) is 0 Å². The van der Waals surface area contributed by atoms with Gasteiger partial charge < -0.3 is 0 Å². The highest BCUT2D eigenvalue weighted by molar-refractivity contribution is 5.58. The first-order chi connectivity index (χ1) is 5.77. The zero-order valence-electron chi connectivity index (χ0n) is 7.65. The van der Waals surface area contributed by atoms with Crippen molar-refractivity contribution in [2.75, 3.05) is 0 Å². The van der Waals surface area contributed by atoms with Gasteiger partial charge in [0.05, 0.1) is 0 Å². The molecule has 0 saturated carbocycles. The molecule has 3 heteroatoms. The van der Waals surface area contributed by atoms with Crippen molar-refractivity contribution in [3.8, 4) is 0 Å². The van der Waals surface area contributed by atoms with Gasteiger partial charge >= 0.3 is 0 Å². The molecule has 12 heavy (non-hydrogen) atoms. The largest absolute Gasteiger partial charge is 0.187 e. The van der Waals surface area contributed by atoms with E-state index in [0.29, 0.717) is 0 Å². The number of rotatable bonds is 2. The van der Waals surface area contributed by atoms with Gasteiger partial charge in [-0.3, -0.25) is 0 Å². The Hall–Kier alpha value is -1.38. The van der Waals surface area contributed by atoms with E-state index in [1.54, 1.807) is 4.80 Å². The van der Waals surface area contributed by atoms with Crippen LogP contribution in [0.1, 0.15) is 25.2 Å². The van der Waals surface area contributed by atoms with Crippen LogP contribution < -0.4 is 0 Å². The van der Waals surface area contributed by atoms with Gasteiger partial charge in [0.25, 0.3) is 0 Å². The van der Waals surface area contributed by atoms with E-state index in [1.165, 1.54) is 0 Å². The first kappa shape index (κ1) is 8.71. The van der Waals surface area contributed by atoms with Crippen LogP contribution in [0, 0.1) is 0 Å². The molecular weight excluding hydrogens is 150 g/mol. The monoisotopic (exact) mass is 163 g/mol. The predicted molar refractivity (Wildman–Crippen MR) is 50.4 cm³/mol. The molecule has 0 N–H and O–H groups in total. The van der Waals surface area contributed by atoms with E-state index in [0.717, 1.165) is 11.4 Å². The summed E-state index contributed by atoms with van der Waals surface area (Å²) in [6, 6.07) is 0. The molecule has 0 bridgehead atoms. The second-order valence-electron chi connectivity index (χ2n) is 2.46. The molecule has 3 nitrogen and oxygen atoms in total. The minimum absolute atomic E-state index is 0.915. The average Bonchev–Trinajstić information content (AvgIpc) is 2.33. The Labute approximate surface area is 72.4 Å². The lowest BCUT2D eigenvalue weighted by molar-refractivity contribution is 0.651. The quantitative estimate of drug-likeness (QED) is 0.666. The zero-order valence-corrected chi connectivity index (χ0v) is 7.65. The standard InChI is InChI=1S/C9H13N3/c1-4-6-8-9(7-5-2)11-12(3)10-8/h4-7H,1-3H3/b6-4-,7-5-. The molecule has 0 fully saturated rings. The Morgan fingerprint density at radius 3 is 1.75 bits per heavy atom. The maximum absolute atomic E-state index is 4.19. The summed E-state index contributed by atoms with van der Waals surface area (Å²) in [5.74, 6) is 0. The second-order valence-corrected chi connectivity index (χ2v) is 2.46. The summed E-state index contributed by atoms with van der Waals surface area (Å²) in [6.07, 6.45) is 7.80. The van der Waals surface area contributed by atoms with Crippen LogP contribution in [-0.4, -0.2) is 15.0 Å². The van der Waals surface area contributed by atoms with Crippen LogP contribution in [0.2, 0.25) is 0 Å². The second kappa shape index (κ2) is 3.85. The molecular formula is C9H13N3. The fourth-order valence-electron chi connectivity index (χ4n) is 0.990. The molecule has 0 spiro atoms. The number of nitrogens with zero attached hydrogens (tertiary/aromatic N) is 3. The van der Waals surface area contributed by atoms with E-state index in [-0.39, 0.29) is 0 Å². The maximum Gasteiger partial charge on any atom is 0.112 e. The number of allylic oxidation sites excluding steroid dienone is 2. The number of aryl methyl sites for hydroxylation is 1. The lowest BCUT2D eigenvalue weighted by Crippen LogP contribution is -1.91. The average molecular weight is 163 g/mol. The normalized spacial score (nSPS) is 11.9. The molecule has 1 aromatic rings. The van der Waals surface area contributed by atoms with Crippen LogP contribution in [0.15, 0.2) is 12.2 Å². The van der Waals surface area contributed by atoms with Crippen LogP contribution >= 0.6 is 0 Å². The van der Waals surface area contributed by atoms with Gasteiger partial charge in [0.1, 0.15) is 11.4 Å². The van der Waals surface area contributed by atoms with Crippen LogP contribution in [0.25, 0.3) is 12.2 Å². The molecule has 0 aliphatic carbocycles. The highest BCUT2D eigenvalue weighted by atomic mass is 15.5. The van der Waals surface area contributed by atoms with Crippen molar-refractivity contribution in [3.63, 3.8) is 0 Å². The number of aromatic nitrogens is 3. The van der Waals surface area contributed by atoms with Crippen molar-refractivity contribution < 1.29 is 0 Å². The molecule has 0 radical (unpaired) electrons. The smallest absolute Gasteiger partial charge is 0.112 e. The molecule has 0 saturated heterocycles. The first-order valence-electron chi connectivity index (χ1n) is 3.94. The zero-order chi connectivity index (χ0) is 8.97. The van der Waals surface area contributed by atoms with Crippen LogP contribution in [-0.2, 0) is 7.05 Å². The maximum atomic E-state index is 4.19. The van der Waals surface area contributed by atoms with E-state index >= 15 is 0 Å². The molecule has 0 aliphatic rings. The van der Waals surface area contributed by atoms with Crippen molar-refractivity contribution in [2.45, 2.75) is 13.8 Å². The van der Waals surface area contributed by atoms with Gasteiger partial charge in [0, 0.05) is 7.05 Å². The van der Waals surface area contributed by atoms with E-state index in [9.17, 15) is 0 Å². The number of hydrogen-bond donors (Lipinski definition) is 0.